The fraction of sp³-hybridized carbons (Fsp3) is 0.571. The van der Waals surface area contributed by atoms with E-state index in [4.69, 9.17) is 21.1 Å². The number of amides is 1. The third-order valence-electron chi connectivity index (χ3n) is 8.88. The van der Waals surface area contributed by atoms with Gasteiger partial charge in [0, 0.05) is 41.5 Å². The first-order valence-electron chi connectivity index (χ1n) is 15.9. The molecule has 1 aliphatic heterocycles. The summed E-state index contributed by atoms with van der Waals surface area (Å²) in [4.78, 5) is 15.5. The molecule has 5 atom stereocenters. The van der Waals surface area contributed by atoms with Crippen LogP contribution in [-0.4, -0.2) is 47.3 Å². The molecule has 0 saturated heterocycles. The van der Waals surface area contributed by atoms with Crippen molar-refractivity contribution in [3.05, 3.63) is 70.3 Å². The highest BCUT2D eigenvalue weighted by atomic mass is 35.5. The van der Waals surface area contributed by atoms with Gasteiger partial charge in [0.25, 0.3) is 5.91 Å². The Bertz CT molecular complexity index is 1310. The Morgan fingerprint density at radius 1 is 1.21 bits per heavy atom. The average Bonchev–Trinajstić information content (AvgIpc) is 3.13. The van der Waals surface area contributed by atoms with Crippen LogP contribution in [0.15, 0.2) is 48.6 Å². The predicted octanol–water partition coefficient (Wildman–Crippen LogP) is 7.86. The summed E-state index contributed by atoms with van der Waals surface area (Å²) in [5.41, 5.74) is 3.61. The van der Waals surface area contributed by atoms with Crippen LogP contribution in [0.1, 0.15) is 94.6 Å². The third kappa shape index (κ3) is 8.03. The van der Waals surface area contributed by atoms with Gasteiger partial charge in [0.1, 0.15) is 16.7 Å². The molecule has 1 heterocycles. The summed E-state index contributed by atoms with van der Waals surface area (Å²) in [6.07, 6.45) is 9.70. The maximum atomic E-state index is 13.1. The minimum Gasteiger partial charge on any atom is -0.491 e. The Hall–Kier alpha value is -2.35. The molecule has 0 bridgehead atoms. The van der Waals surface area contributed by atoms with E-state index in [9.17, 15) is 9.00 Å². The SMILES string of the molecule is CC/C=C/[C@](C)(OCC)C1CCC1CN1CC(c2ccc(Cl)cc2CCC)COc2ccc(C(=O)NS(=O)C(C)C)cc21. The second-order valence-electron chi connectivity index (χ2n) is 12.3. The number of hydrogen-bond donors (Lipinski definition) is 1. The number of fused-ring (bicyclic) bond motifs is 1. The van der Waals surface area contributed by atoms with E-state index in [0.29, 0.717) is 30.6 Å². The van der Waals surface area contributed by atoms with Crippen LogP contribution >= 0.6 is 11.6 Å². The topological polar surface area (TPSA) is 67.9 Å². The second-order valence-corrected chi connectivity index (χ2v) is 14.5. The Balaban J connectivity index is 1.70. The van der Waals surface area contributed by atoms with Crippen molar-refractivity contribution in [3.63, 3.8) is 0 Å². The number of anilines is 1. The van der Waals surface area contributed by atoms with Gasteiger partial charge >= 0.3 is 0 Å². The van der Waals surface area contributed by atoms with Crippen molar-refractivity contribution in [1.29, 1.82) is 0 Å². The maximum Gasteiger partial charge on any atom is 0.263 e. The van der Waals surface area contributed by atoms with E-state index < -0.39 is 11.0 Å². The Morgan fingerprint density at radius 2 is 2.00 bits per heavy atom. The largest absolute Gasteiger partial charge is 0.491 e. The van der Waals surface area contributed by atoms with Crippen LogP contribution in [0.2, 0.25) is 5.02 Å². The maximum absolute atomic E-state index is 13.1. The lowest BCUT2D eigenvalue weighted by molar-refractivity contribution is -0.0817. The predicted molar refractivity (Wildman–Crippen MR) is 179 cm³/mol. The third-order valence-corrected chi connectivity index (χ3v) is 10.4. The highest BCUT2D eigenvalue weighted by molar-refractivity contribution is 7.84. The van der Waals surface area contributed by atoms with E-state index in [-0.39, 0.29) is 22.7 Å². The molecule has 2 aromatic carbocycles. The number of rotatable bonds is 13. The summed E-state index contributed by atoms with van der Waals surface area (Å²) >= 11 is 6.43. The van der Waals surface area contributed by atoms with Gasteiger partial charge in [-0.15, -0.1) is 0 Å². The Labute approximate surface area is 266 Å². The van der Waals surface area contributed by atoms with E-state index in [1.54, 1.807) is 6.07 Å². The summed E-state index contributed by atoms with van der Waals surface area (Å²) < 4.78 is 27.9. The summed E-state index contributed by atoms with van der Waals surface area (Å²) in [6, 6.07) is 11.8. The number of carbonyl (C=O) groups excluding carboxylic acids is 1. The number of aryl methyl sites for hydroxylation is 1. The lowest BCUT2D eigenvalue weighted by Crippen LogP contribution is -2.50. The standard InChI is InChI=1S/C35H49ClN2O4S/c1-7-10-18-35(6,42-9-3)31-16-12-27(31)21-38-22-28(30-15-14-29(36)19-25(30)11-8-2)23-41-33-17-13-26(20-32(33)38)34(39)37-43(40)24(4)5/h10,13-15,17-20,24,27-28,31H,7-9,11-12,16,21-23H2,1-6H3,(H,37,39)/b18-10+/t27?,28?,31?,35-,43?/m0/s1. The van der Waals surface area contributed by atoms with E-state index >= 15 is 0 Å². The number of carbonyl (C=O) groups is 1. The molecule has 4 unspecified atom stereocenters. The number of nitrogens with one attached hydrogen (secondary N) is 1. The second kappa shape index (κ2) is 15.1. The van der Waals surface area contributed by atoms with Crippen LogP contribution in [0.5, 0.6) is 5.75 Å². The molecule has 4 rings (SSSR count). The summed E-state index contributed by atoms with van der Waals surface area (Å²) in [7, 11) is -1.45. The van der Waals surface area contributed by atoms with Crippen LogP contribution in [0.25, 0.3) is 0 Å². The van der Waals surface area contributed by atoms with Gasteiger partial charge in [-0.25, -0.2) is 4.21 Å². The summed E-state index contributed by atoms with van der Waals surface area (Å²) in [5, 5.41) is 0.586. The first kappa shape index (κ1) is 33.5. The zero-order chi connectivity index (χ0) is 31.1. The van der Waals surface area contributed by atoms with E-state index in [2.05, 4.69) is 61.6 Å². The molecule has 1 saturated carbocycles. The molecule has 0 radical (unpaired) electrons. The van der Waals surface area contributed by atoms with Crippen LogP contribution in [0.4, 0.5) is 5.69 Å². The molecule has 2 aliphatic rings. The number of hydrogen-bond acceptors (Lipinski definition) is 5. The number of allylic oxidation sites excluding steroid dienone is 1. The highest BCUT2D eigenvalue weighted by Crippen LogP contribution is 2.47. The van der Waals surface area contributed by atoms with Gasteiger partial charge in [-0.1, -0.05) is 50.1 Å². The molecule has 236 valence electrons. The number of benzene rings is 2. The molecule has 1 amide bonds. The van der Waals surface area contributed by atoms with Gasteiger partial charge in [-0.2, -0.15) is 0 Å². The monoisotopic (exact) mass is 628 g/mol. The fourth-order valence-corrected chi connectivity index (χ4v) is 7.22. The minimum absolute atomic E-state index is 0.133. The van der Waals surface area contributed by atoms with Crippen LogP contribution in [0, 0.1) is 11.8 Å². The highest BCUT2D eigenvalue weighted by Gasteiger charge is 2.45. The van der Waals surface area contributed by atoms with Gasteiger partial charge in [0.2, 0.25) is 0 Å². The molecule has 2 aromatic rings. The van der Waals surface area contributed by atoms with Crippen molar-refractivity contribution in [2.75, 3.05) is 31.2 Å². The molecule has 8 heteroatoms. The fourth-order valence-electron chi connectivity index (χ4n) is 6.49. The van der Waals surface area contributed by atoms with Crippen LogP contribution in [-0.2, 0) is 22.1 Å². The molecule has 1 fully saturated rings. The summed E-state index contributed by atoms with van der Waals surface area (Å²) in [5.74, 6) is 1.38. The number of ether oxygens (including phenoxy) is 2. The van der Waals surface area contributed by atoms with Crippen LogP contribution in [0.3, 0.4) is 0 Å². The van der Waals surface area contributed by atoms with Gasteiger partial charge in [-0.3, -0.25) is 9.52 Å². The first-order chi connectivity index (χ1) is 20.6. The van der Waals surface area contributed by atoms with Gasteiger partial charge in [-0.05, 0) is 107 Å². The average molecular weight is 629 g/mol. The van der Waals surface area contributed by atoms with Crippen molar-refractivity contribution in [1.82, 2.24) is 4.72 Å². The minimum atomic E-state index is -1.45. The Kier molecular flexibility index (Phi) is 11.8. The molecule has 43 heavy (non-hydrogen) atoms. The summed E-state index contributed by atoms with van der Waals surface area (Å²) in [6.45, 7) is 15.1. The normalized spacial score (nSPS) is 22.3. The van der Waals surface area contributed by atoms with E-state index in [0.717, 1.165) is 61.7 Å². The van der Waals surface area contributed by atoms with E-state index in [1.165, 1.54) is 11.1 Å². The molecule has 1 aliphatic carbocycles. The molecular formula is C35H49ClN2O4S. The first-order valence-corrected chi connectivity index (χ1v) is 17.5. The quantitative estimate of drug-likeness (QED) is 0.229. The number of halogens is 1. The van der Waals surface area contributed by atoms with E-state index in [1.807, 2.05) is 32.0 Å². The molecule has 0 aromatic heterocycles. The van der Waals surface area contributed by atoms with Crippen molar-refractivity contribution < 1.29 is 18.5 Å². The van der Waals surface area contributed by atoms with Gasteiger partial charge in [0.05, 0.1) is 17.9 Å². The van der Waals surface area contributed by atoms with Crippen molar-refractivity contribution >= 4 is 34.2 Å². The lowest BCUT2D eigenvalue weighted by atomic mass is 9.64. The zero-order valence-corrected chi connectivity index (χ0v) is 28.2. The van der Waals surface area contributed by atoms with Crippen LogP contribution < -0.4 is 14.4 Å². The van der Waals surface area contributed by atoms with Crippen molar-refractivity contribution in [2.24, 2.45) is 11.8 Å². The Morgan fingerprint density at radius 3 is 2.65 bits per heavy atom. The smallest absolute Gasteiger partial charge is 0.263 e. The lowest BCUT2D eigenvalue weighted by Gasteiger charge is -2.49. The van der Waals surface area contributed by atoms with Gasteiger partial charge < -0.3 is 14.4 Å². The molecule has 0 spiro atoms. The molecule has 6 nitrogen and oxygen atoms in total. The molecule has 1 N–H and O–H groups in total. The van der Waals surface area contributed by atoms with Crippen molar-refractivity contribution in [2.45, 2.75) is 90.4 Å². The van der Waals surface area contributed by atoms with Crippen molar-refractivity contribution in [3.8, 4) is 5.75 Å². The van der Waals surface area contributed by atoms with Gasteiger partial charge in [0.15, 0.2) is 0 Å². The number of nitrogens with zero attached hydrogens (tertiary/aromatic N) is 1. The molecular weight excluding hydrogens is 580 g/mol. The zero-order valence-electron chi connectivity index (χ0n) is 26.7.